The van der Waals surface area contributed by atoms with Gasteiger partial charge in [-0.3, -0.25) is 4.79 Å². The minimum absolute atomic E-state index is 0.192. The standard InChI is InChI=1S/C24H21ClN2O2S/c1-15-7-6-8-17(11-15)18-14-30-23(22(18)27-9-4-5-10-27)24(28)26-20-12-16(2)19(25)13-21(20)29-3/h4-14H,1-3H3,(H,26,28). The number of amides is 1. The summed E-state index contributed by atoms with van der Waals surface area (Å²) in [7, 11) is 1.56. The van der Waals surface area contributed by atoms with Crippen LogP contribution in [0.2, 0.25) is 5.02 Å². The number of methoxy groups -OCH3 is 1. The summed E-state index contributed by atoms with van der Waals surface area (Å²) in [5.74, 6) is 0.333. The zero-order valence-electron chi connectivity index (χ0n) is 16.9. The van der Waals surface area contributed by atoms with Crippen molar-refractivity contribution in [3.8, 4) is 22.6 Å². The molecule has 152 valence electrons. The highest BCUT2D eigenvalue weighted by Gasteiger charge is 2.22. The molecule has 0 atom stereocenters. The number of carbonyl (C=O) groups is 1. The lowest BCUT2D eigenvalue weighted by atomic mass is 10.0. The lowest BCUT2D eigenvalue weighted by Crippen LogP contribution is -2.14. The molecule has 0 saturated heterocycles. The lowest BCUT2D eigenvalue weighted by Gasteiger charge is -2.13. The van der Waals surface area contributed by atoms with Gasteiger partial charge in [-0.2, -0.15) is 0 Å². The Morgan fingerprint density at radius 1 is 1.10 bits per heavy atom. The monoisotopic (exact) mass is 436 g/mol. The van der Waals surface area contributed by atoms with Crippen molar-refractivity contribution >= 4 is 34.5 Å². The summed E-state index contributed by atoms with van der Waals surface area (Å²) in [6.45, 7) is 3.96. The molecule has 4 nitrogen and oxygen atoms in total. The maximum absolute atomic E-state index is 13.3. The summed E-state index contributed by atoms with van der Waals surface area (Å²) in [5.41, 5.74) is 5.58. The number of nitrogens with zero attached hydrogens (tertiary/aromatic N) is 1. The molecule has 30 heavy (non-hydrogen) atoms. The molecule has 0 spiro atoms. The fourth-order valence-corrected chi connectivity index (χ4v) is 4.50. The Bertz CT molecular complexity index is 1210. The molecule has 4 rings (SSSR count). The molecule has 6 heteroatoms. The SMILES string of the molecule is COc1cc(Cl)c(C)cc1NC(=O)c1scc(-c2cccc(C)c2)c1-n1cccc1. The van der Waals surface area contributed by atoms with Gasteiger partial charge in [0, 0.05) is 34.4 Å². The van der Waals surface area contributed by atoms with E-state index in [2.05, 4.69) is 30.4 Å². The van der Waals surface area contributed by atoms with Crippen molar-refractivity contribution in [3.63, 3.8) is 0 Å². The molecule has 0 saturated carbocycles. The first-order valence-corrected chi connectivity index (χ1v) is 10.7. The van der Waals surface area contributed by atoms with E-state index in [1.165, 1.54) is 16.9 Å². The van der Waals surface area contributed by atoms with E-state index in [4.69, 9.17) is 16.3 Å². The quantitative estimate of drug-likeness (QED) is 0.376. The lowest BCUT2D eigenvalue weighted by molar-refractivity contribution is 0.103. The number of rotatable bonds is 5. The number of anilines is 1. The smallest absolute Gasteiger partial charge is 0.268 e. The van der Waals surface area contributed by atoms with E-state index >= 15 is 0 Å². The van der Waals surface area contributed by atoms with E-state index < -0.39 is 0 Å². The average Bonchev–Trinajstić information content (AvgIpc) is 3.39. The van der Waals surface area contributed by atoms with Gasteiger partial charge in [0.05, 0.1) is 18.5 Å². The maximum Gasteiger partial charge on any atom is 0.268 e. The van der Waals surface area contributed by atoms with Crippen LogP contribution in [0.3, 0.4) is 0 Å². The van der Waals surface area contributed by atoms with E-state index in [1.54, 1.807) is 13.2 Å². The second kappa shape index (κ2) is 8.38. The van der Waals surface area contributed by atoms with Gasteiger partial charge in [0.15, 0.2) is 0 Å². The third kappa shape index (κ3) is 3.86. The van der Waals surface area contributed by atoms with Gasteiger partial charge in [-0.25, -0.2) is 0 Å². The molecule has 0 unspecified atom stereocenters. The van der Waals surface area contributed by atoms with Crippen LogP contribution in [-0.4, -0.2) is 17.6 Å². The molecule has 1 N–H and O–H groups in total. The van der Waals surface area contributed by atoms with Crippen LogP contribution >= 0.6 is 22.9 Å². The Labute approximate surface area is 184 Å². The van der Waals surface area contributed by atoms with Gasteiger partial charge < -0.3 is 14.6 Å². The molecule has 0 fully saturated rings. The average molecular weight is 437 g/mol. The van der Waals surface area contributed by atoms with Gasteiger partial charge in [0.2, 0.25) is 0 Å². The first-order valence-electron chi connectivity index (χ1n) is 9.45. The third-order valence-corrected chi connectivity index (χ3v) is 6.27. The second-order valence-corrected chi connectivity index (χ2v) is 8.33. The van der Waals surface area contributed by atoms with Crippen LogP contribution in [0.15, 0.2) is 66.3 Å². The number of nitrogens with one attached hydrogen (secondary N) is 1. The molecule has 2 aromatic heterocycles. The number of ether oxygens (including phenoxy) is 1. The topological polar surface area (TPSA) is 43.3 Å². The van der Waals surface area contributed by atoms with Crippen LogP contribution in [-0.2, 0) is 0 Å². The normalized spacial score (nSPS) is 10.8. The molecule has 0 aliphatic rings. The number of aryl methyl sites for hydroxylation is 2. The highest BCUT2D eigenvalue weighted by molar-refractivity contribution is 7.13. The first-order chi connectivity index (χ1) is 14.5. The zero-order chi connectivity index (χ0) is 21.3. The summed E-state index contributed by atoms with van der Waals surface area (Å²) in [4.78, 5) is 13.9. The zero-order valence-corrected chi connectivity index (χ0v) is 18.5. The van der Waals surface area contributed by atoms with Crippen molar-refractivity contribution in [1.82, 2.24) is 4.57 Å². The molecule has 0 aliphatic carbocycles. The highest BCUT2D eigenvalue weighted by atomic mass is 35.5. The van der Waals surface area contributed by atoms with E-state index in [1.807, 2.05) is 53.5 Å². The molecule has 0 bridgehead atoms. The molecule has 1 amide bonds. The number of aromatic nitrogens is 1. The molecular weight excluding hydrogens is 416 g/mol. The third-order valence-electron chi connectivity index (χ3n) is 4.89. The molecule has 0 aliphatic heterocycles. The minimum Gasteiger partial charge on any atom is -0.495 e. The van der Waals surface area contributed by atoms with Crippen LogP contribution in [0.25, 0.3) is 16.8 Å². The van der Waals surface area contributed by atoms with Gasteiger partial charge in [-0.05, 0) is 43.2 Å². The number of hydrogen-bond acceptors (Lipinski definition) is 3. The summed E-state index contributed by atoms with van der Waals surface area (Å²) < 4.78 is 7.39. The predicted octanol–water partition coefficient (Wildman–Crippen LogP) is 6.74. The van der Waals surface area contributed by atoms with E-state index in [0.717, 1.165) is 22.4 Å². The summed E-state index contributed by atoms with van der Waals surface area (Å²) >= 11 is 7.62. The summed E-state index contributed by atoms with van der Waals surface area (Å²) in [5, 5.41) is 5.62. The van der Waals surface area contributed by atoms with Crippen molar-refractivity contribution in [3.05, 3.63) is 87.3 Å². The Morgan fingerprint density at radius 2 is 1.87 bits per heavy atom. The maximum atomic E-state index is 13.3. The number of benzene rings is 2. The van der Waals surface area contributed by atoms with Crippen LogP contribution < -0.4 is 10.1 Å². The minimum atomic E-state index is -0.192. The predicted molar refractivity (Wildman–Crippen MR) is 125 cm³/mol. The summed E-state index contributed by atoms with van der Waals surface area (Å²) in [6.07, 6.45) is 3.90. The van der Waals surface area contributed by atoms with Crippen LogP contribution in [0.4, 0.5) is 5.69 Å². The largest absolute Gasteiger partial charge is 0.495 e. The molecule has 0 radical (unpaired) electrons. The van der Waals surface area contributed by atoms with Crippen LogP contribution in [0, 0.1) is 13.8 Å². The number of halogens is 1. The molecule has 4 aromatic rings. The Morgan fingerprint density at radius 3 is 2.57 bits per heavy atom. The number of carbonyl (C=O) groups excluding carboxylic acids is 1. The Hall–Kier alpha value is -3.02. The van der Waals surface area contributed by atoms with E-state index in [9.17, 15) is 4.79 Å². The van der Waals surface area contributed by atoms with Crippen molar-refractivity contribution in [2.75, 3.05) is 12.4 Å². The van der Waals surface area contributed by atoms with Gasteiger partial charge in [0.25, 0.3) is 5.91 Å². The van der Waals surface area contributed by atoms with Crippen molar-refractivity contribution < 1.29 is 9.53 Å². The summed E-state index contributed by atoms with van der Waals surface area (Å²) in [6, 6.07) is 15.7. The van der Waals surface area contributed by atoms with Gasteiger partial charge >= 0.3 is 0 Å². The van der Waals surface area contributed by atoms with Gasteiger partial charge in [-0.1, -0.05) is 41.4 Å². The van der Waals surface area contributed by atoms with Crippen molar-refractivity contribution in [2.45, 2.75) is 13.8 Å². The van der Waals surface area contributed by atoms with Crippen molar-refractivity contribution in [1.29, 1.82) is 0 Å². The fraction of sp³-hybridized carbons (Fsp3) is 0.125. The molecular formula is C24H21ClN2O2S. The Balaban J connectivity index is 1.78. The first kappa shape index (κ1) is 20.3. The van der Waals surface area contributed by atoms with E-state index in [0.29, 0.717) is 21.3 Å². The molecule has 2 aromatic carbocycles. The Kier molecular flexibility index (Phi) is 5.66. The van der Waals surface area contributed by atoms with E-state index in [-0.39, 0.29) is 5.91 Å². The number of hydrogen-bond donors (Lipinski definition) is 1. The van der Waals surface area contributed by atoms with Gasteiger partial charge in [0.1, 0.15) is 10.6 Å². The van der Waals surface area contributed by atoms with Crippen molar-refractivity contribution in [2.24, 2.45) is 0 Å². The second-order valence-electron chi connectivity index (χ2n) is 7.04. The molecule has 2 heterocycles. The number of thiophene rings is 1. The van der Waals surface area contributed by atoms with Gasteiger partial charge in [-0.15, -0.1) is 11.3 Å². The van der Waals surface area contributed by atoms with Crippen LogP contribution in [0.5, 0.6) is 5.75 Å². The highest BCUT2D eigenvalue weighted by Crippen LogP contribution is 2.37. The van der Waals surface area contributed by atoms with Crippen LogP contribution in [0.1, 0.15) is 20.8 Å². The fourth-order valence-electron chi connectivity index (χ4n) is 3.38.